The van der Waals surface area contributed by atoms with Gasteiger partial charge in [0.1, 0.15) is 0 Å². The summed E-state index contributed by atoms with van der Waals surface area (Å²) < 4.78 is 0. The molecule has 0 bridgehead atoms. The van der Waals surface area contributed by atoms with Crippen LogP contribution in [0.1, 0.15) is 49.1 Å². The van der Waals surface area contributed by atoms with Gasteiger partial charge in [0.15, 0.2) is 5.78 Å². The molecule has 0 radical (unpaired) electrons. The maximum atomic E-state index is 12.0. The summed E-state index contributed by atoms with van der Waals surface area (Å²) in [6, 6.07) is 8.69. The lowest BCUT2D eigenvalue weighted by Gasteiger charge is -2.19. The highest BCUT2D eigenvalue weighted by molar-refractivity contribution is 6.00. The molecule has 0 fully saturated rings. The Labute approximate surface area is 103 Å². The molecule has 1 aromatic rings. The Kier molecular flexibility index (Phi) is 2.62. The monoisotopic (exact) mass is 226 g/mol. The van der Waals surface area contributed by atoms with Gasteiger partial charge in [0.2, 0.25) is 0 Å². The largest absolute Gasteiger partial charge is 0.295 e. The standard InChI is InChI=1S/C16H18O/c1-11-6-8-12(9-7-11)15-10-16(17)14-5-3-2-4-13(14)15/h6-9,15H,2-5,10H2,1H3. The number of rotatable bonds is 1. The molecule has 3 rings (SSSR count). The van der Waals surface area contributed by atoms with Gasteiger partial charge in [-0.15, -0.1) is 0 Å². The molecule has 1 nitrogen and oxygen atoms in total. The summed E-state index contributed by atoms with van der Waals surface area (Å²) in [4.78, 5) is 12.0. The van der Waals surface area contributed by atoms with E-state index in [1.807, 2.05) is 0 Å². The fourth-order valence-electron chi connectivity index (χ4n) is 3.18. The highest BCUT2D eigenvalue weighted by Gasteiger charge is 2.33. The summed E-state index contributed by atoms with van der Waals surface area (Å²) in [6.07, 6.45) is 5.34. The number of hydrogen-bond donors (Lipinski definition) is 0. The molecule has 1 heteroatoms. The quantitative estimate of drug-likeness (QED) is 0.709. The highest BCUT2D eigenvalue weighted by atomic mass is 16.1. The van der Waals surface area contributed by atoms with Gasteiger partial charge in [0, 0.05) is 12.3 Å². The number of allylic oxidation sites excluding steroid dienone is 2. The van der Waals surface area contributed by atoms with Crippen molar-refractivity contribution >= 4 is 5.78 Å². The molecular weight excluding hydrogens is 208 g/mol. The van der Waals surface area contributed by atoms with Crippen LogP contribution in [-0.4, -0.2) is 5.78 Å². The SMILES string of the molecule is Cc1ccc(C2CC(=O)C3=C2CCCC3)cc1. The minimum absolute atomic E-state index is 0.387. The second-order valence-corrected chi connectivity index (χ2v) is 5.30. The second kappa shape index (κ2) is 4.14. The number of hydrogen-bond acceptors (Lipinski definition) is 1. The van der Waals surface area contributed by atoms with Crippen molar-refractivity contribution in [1.82, 2.24) is 0 Å². The zero-order valence-corrected chi connectivity index (χ0v) is 10.3. The molecule has 0 heterocycles. The van der Waals surface area contributed by atoms with E-state index in [0.29, 0.717) is 18.1 Å². The van der Waals surface area contributed by atoms with Crippen molar-refractivity contribution in [3.63, 3.8) is 0 Å². The van der Waals surface area contributed by atoms with E-state index in [2.05, 4.69) is 31.2 Å². The third kappa shape index (κ3) is 1.84. The van der Waals surface area contributed by atoms with E-state index >= 15 is 0 Å². The summed E-state index contributed by atoms with van der Waals surface area (Å²) in [5.74, 6) is 0.795. The number of carbonyl (C=O) groups is 1. The molecule has 1 aromatic carbocycles. The molecule has 2 aliphatic rings. The molecule has 88 valence electrons. The van der Waals surface area contributed by atoms with Gasteiger partial charge in [-0.05, 0) is 43.7 Å². The zero-order chi connectivity index (χ0) is 11.8. The van der Waals surface area contributed by atoms with Gasteiger partial charge in [0.05, 0.1) is 0 Å². The number of Topliss-reactive ketones (excluding diaryl/α,β-unsaturated/α-hetero) is 1. The predicted molar refractivity (Wildman–Crippen MR) is 69.0 cm³/mol. The van der Waals surface area contributed by atoms with Crippen molar-refractivity contribution in [3.05, 3.63) is 46.5 Å². The highest BCUT2D eigenvalue weighted by Crippen LogP contribution is 2.44. The van der Waals surface area contributed by atoms with E-state index in [1.165, 1.54) is 35.1 Å². The molecule has 0 aromatic heterocycles. The minimum atomic E-state index is 0.387. The minimum Gasteiger partial charge on any atom is -0.295 e. The smallest absolute Gasteiger partial charge is 0.159 e. The van der Waals surface area contributed by atoms with Crippen LogP contribution in [0, 0.1) is 6.92 Å². The zero-order valence-electron chi connectivity index (χ0n) is 10.3. The Morgan fingerprint density at radius 2 is 1.76 bits per heavy atom. The van der Waals surface area contributed by atoms with Crippen LogP contribution in [0.2, 0.25) is 0 Å². The molecular formula is C16H18O. The Hall–Kier alpha value is -1.37. The molecule has 0 amide bonds. The van der Waals surface area contributed by atoms with E-state index in [0.717, 1.165) is 12.8 Å². The third-order valence-electron chi connectivity index (χ3n) is 4.14. The lowest BCUT2D eigenvalue weighted by molar-refractivity contribution is -0.115. The van der Waals surface area contributed by atoms with Gasteiger partial charge in [-0.1, -0.05) is 35.4 Å². The van der Waals surface area contributed by atoms with Crippen molar-refractivity contribution in [1.29, 1.82) is 0 Å². The average Bonchev–Trinajstić information content (AvgIpc) is 2.69. The van der Waals surface area contributed by atoms with Gasteiger partial charge >= 0.3 is 0 Å². The van der Waals surface area contributed by atoms with E-state index in [9.17, 15) is 4.79 Å². The molecule has 0 N–H and O–H groups in total. The van der Waals surface area contributed by atoms with Crippen LogP contribution in [0.15, 0.2) is 35.4 Å². The first-order valence-corrected chi connectivity index (χ1v) is 6.57. The number of carbonyl (C=O) groups excluding carboxylic acids is 1. The normalized spacial score (nSPS) is 24.1. The van der Waals surface area contributed by atoms with Crippen LogP contribution in [0.3, 0.4) is 0 Å². The second-order valence-electron chi connectivity index (χ2n) is 5.30. The summed E-state index contributed by atoms with van der Waals surface area (Å²) >= 11 is 0. The van der Waals surface area contributed by atoms with Crippen LogP contribution in [0.5, 0.6) is 0 Å². The molecule has 0 saturated carbocycles. The van der Waals surface area contributed by atoms with E-state index in [1.54, 1.807) is 0 Å². The summed E-state index contributed by atoms with van der Waals surface area (Å²) in [6.45, 7) is 2.11. The van der Waals surface area contributed by atoms with Gasteiger partial charge < -0.3 is 0 Å². The van der Waals surface area contributed by atoms with Crippen molar-refractivity contribution < 1.29 is 4.79 Å². The van der Waals surface area contributed by atoms with Gasteiger partial charge in [-0.2, -0.15) is 0 Å². The number of ketones is 1. The molecule has 0 aliphatic heterocycles. The Morgan fingerprint density at radius 3 is 2.53 bits per heavy atom. The first kappa shape index (κ1) is 10.8. The third-order valence-corrected chi connectivity index (χ3v) is 4.14. The van der Waals surface area contributed by atoms with Gasteiger partial charge in [-0.25, -0.2) is 0 Å². The molecule has 17 heavy (non-hydrogen) atoms. The molecule has 1 atom stereocenters. The average molecular weight is 226 g/mol. The van der Waals surface area contributed by atoms with Crippen molar-refractivity contribution in [3.8, 4) is 0 Å². The predicted octanol–water partition coefficient (Wildman–Crippen LogP) is 3.92. The van der Waals surface area contributed by atoms with Crippen molar-refractivity contribution in [2.75, 3.05) is 0 Å². The van der Waals surface area contributed by atoms with Gasteiger partial charge in [0.25, 0.3) is 0 Å². The fraction of sp³-hybridized carbons (Fsp3) is 0.438. The lowest BCUT2D eigenvalue weighted by Crippen LogP contribution is -2.02. The summed E-state index contributed by atoms with van der Waals surface area (Å²) in [5.41, 5.74) is 5.23. The number of aryl methyl sites for hydroxylation is 1. The molecule has 1 unspecified atom stereocenters. The number of benzene rings is 1. The summed E-state index contributed by atoms with van der Waals surface area (Å²) in [7, 11) is 0. The Bertz CT molecular complexity index is 479. The van der Waals surface area contributed by atoms with E-state index < -0.39 is 0 Å². The first-order valence-electron chi connectivity index (χ1n) is 6.57. The van der Waals surface area contributed by atoms with E-state index in [-0.39, 0.29) is 0 Å². The van der Waals surface area contributed by atoms with Gasteiger partial charge in [-0.3, -0.25) is 4.79 Å². The van der Waals surface area contributed by atoms with Crippen LogP contribution in [0.4, 0.5) is 0 Å². The maximum Gasteiger partial charge on any atom is 0.159 e. The molecule has 0 spiro atoms. The van der Waals surface area contributed by atoms with Crippen molar-refractivity contribution in [2.24, 2.45) is 0 Å². The fourth-order valence-corrected chi connectivity index (χ4v) is 3.18. The lowest BCUT2D eigenvalue weighted by atomic mass is 9.85. The molecule has 0 saturated heterocycles. The topological polar surface area (TPSA) is 17.1 Å². The van der Waals surface area contributed by atoms with Crippen LogP contribution in [0.25, 0.3) is 0 Å². The first-order chi connectivity index (χ1) is 8.25. The summed E-state index contributed by atoms with van der Waals surface area (Å²) in [5, 5.41) is 0. The van der Waals surface area contributed by atoms with Crippen LogP contribution < -0.4 is 0 Å². The van der Waals surface area contributed by atoms with E-state index in [4.69, 9.17) is 0 Å². The van der Waals surface area contributed by atoms with Crippen molar-refractivity contribution in [2.45, 2.75) is 44.9 Å². The maximum absolute atomic E-state index is 12.0. The molecule has 2 aliphatic carbocycles. The Balaban J connectivity index is 1.97. The van der Waals surface area contributed by atoms with Crippen LogP contribution in [-0.2, 0) is 4.79 Å². The van der Waals surface area contributed by atoms with Crippen LogP contribution >= 0.6 is 0 Å². The Morgan fingerprint density at radius 1 is 1.06 bits per heavy atom.